The summed E-state index contributed by atoms with van der Waals surface area (Å²) >= 11 is 0. The number of nitrogens with one attached hydrogen (secondary N) is 1. The first-order valence-electron chi connectivity index (χ1n) is 14.7. The highest BCUT2D eigenvalue weighted by molar-refractivity contribution is 6.13. The van der Waals surface area contributed by atoms with Crippen molar-refractivity contribution in [3.8, 4) is 0 Å². The van der Waals surface area contributed by atoms with Gasteiger partial charge in [0.1, 0.15) is 5.70 Å². The van der Waals surface area contributed by atoms with Crippen molar-refractivity contribution in [3.05, 3.63) is 82.2 Å². The number of anilines is 2. The molecule has 5 aliphatic heterocycles. The van der Waals surface area contributed by atoms with Gasteiger partial charge in [0.15, 0.2) is 0 Å². The topological polar surface area (TPSA) is 71.1 Å². The molecule has 0 aromatic heterocycles. The van der Waals surface area contributed by atoms with Crippen LogP contribution in [-0.4, -0.2) is 43.0 Å². The molecule has 1 atom stereocenters. The Morgan fingerprint density at radius 1 is 1.10 bits per heavy atom. The van der Waals surface area contributed by atoms with Crippen LogP contribution >= 0.6 is 0 Å². The van der Waals surface area contributed by atoms with E-state index in [4.69, 9.17) is 9.47 Å². The molecule has 0 aliphatic carbocycles. The molecule has 2 aromatic carbocycles. The number of hydrogen-bond acceptors (Lipinski definition) is 5. The van der Waals surface area contributed by atoms with E-state index in [1.807, 2.05) is 17.9 Å². The molecule has 5 heterocycles. The molecule has 2 amide bonds. The summed E-state index contributed by atoms with van der Waals surface area (Å²) in [6, 6.07) is 12.4. The van der Waals surface area contributed by atoms with Gasteiger partial charge in [-0.3, -0.25) is 9.59 Å². The molecule has 1 spiro atoms. The van der Waals surface area contributed by atoms with Crippen molar-refractivity contribution in [2.75, 3.05) is 36.5 Å². The molecule has 2 saturated heterocycles. The number of hydrogen-bond donors (Lipinski definition) is 1. The third-order valence-corrected chi connectivity index (χ3v) is 9.45. The van der Waals surface area contributed by atoms with Crippen LogP contribution in [0.5, 0.6) is 0 Å². The lowest BCUT2D eigenvalue weighted by Crippen LogP contribution is -2.45. The first kappa shape index (κ1) is 25.5. The van der Waals surface area contributed by atoms with Crippen LogP contribution in [0.25, 0.3) is 0 Å². The van der Waals surface area contributed by atoms with Crippen LogP contribution in [0, 0.1) is 18.8 Å². The fourth-order valence-corrected chi connectivity index (χ4v) is 7.17. The largest absolute Gasteiger partial charge is 0.381 e. The summed E-state index contributed by atoms with van der Waals surface area (Å²) < 4.78 is 12.0. The van der Waals surface area contributed by atoms with Gasteiger partial charge in [-0.25, -0.2) is 0 Å². The number of carbonyl (C=O) groups is 2. The van der Waals surface area contributed by atoms with Crippen molar-refractivity contribution in [1.29, 1.82) is 0 Å². The molecule has 1 unspecified atom stereocenters. The van der Waals surface area contributed by atoms with Crippen LogP contribution in [0.1, 0.15) is 66.1 Å². The molecule has 7 heteroatoms. The zero-order valence-electron chi connectivity index (χ0n) is 23.4. The third-order valence-electron chi connectivity index (χ3n) is 9.45. The fourth-order valence-electron chi connectivity index (χ4n) is 7.17. The normalized spacial score (nSPS) is 23.9. The number of aryl methyl sites for hydroxylation is 1. The minimum absolute atomic E-state index is 0.0155. The zero-order valence-corrected chi connectivity index (χ0v) is 23.4. The van der Waals surface area contributed by atoms with Crippen molar-refractivity contribution in [2.24, 2.45) is 11.8 Å². The van der Waals surface area contributed by atoms with Crippen LogP contribution < -0.4 is 10.2 Å². The Kier molecular flexibility index (Phi) is 6.32. The third kappa shape index (κ3) is 4.18. The highest BCUT2D eigenvalue weighted by Crippen LogP contribution is 2.46. The Hall–Kier alpha value is -3.42. The number of piperidine rings is 1. The van der Waals surface area contributed by atoms with Gasteiger partial charge in [0.2, 0.25) is 0 Å². The minimum Gasteiger partial charge on any atom is -0.381 e. The van der Waals surface area contributed by atoms with E-state index < -0.39 is 0 Å². The Labute approximate surface area is 235 Å². The van der Waals surface area contributed by atoms with Gasteiger partial charge in [0, 0.05) is 43.5 Å². The molecule has 0 radical (unpaired) electrons. The number of fused-ring (bicyclic) bond motifs is 5. The van der Waals surface area contributed by atoms with E-state index in [-0.39, 0.29) is 23.3 Å². The molecule has 1 N–H and O–H groups in total. The second-order valence-electron chi connectivity index (χ2n) is 12.0. The lowest BCUT2D eigenvalue weighted by Gasteiger charge is -2.40. The number of rotatable bonds is 2. The summed E-state index contributed by atoms with van der Waals surface area (Å²) in [5, 5.41) is 3.12. The molecule has 7 nitrogen and oxygen atoms in total. The van der Waals surface area contributed by atoms with Crippen LogP contribution in [0.2, 0.25) is 0 Å². The quantitative estimate of drug-likeness (QED) is 0.534. The smallest absolute Gasteiger partial charge is 0.272 e. The Bertz CT molecular complexity index is 1430. The monoisotopic (exact) mass is 539 g/mol. The predicted molar refractivity (Wildman–Crippen MR) is 154 cm³/mol. The molecule has 0 saturated carbocycles. The molecular formula is C33H37N3O4. The Balaban J connectivity index is 1.18. The Morgan fingerprint density at radius 3 is 2.67 bits per heavy atom. The maximum Gasteiger partial charge on any atom is 0.272 e. The van der Waals surface area contributed by atoms with E-state index in [1.165, 1.54) is 16.8 Å². The number of nitrogens with zero attached hydrogens (tertiary/aromatic N) is 2. The second-order valence-corrected chi connectivity index (χ2v) is 12.0. The van der Waals surface area contributed by atoms with E-state index in [2.05, 4.69) is 59.6 Å². The van der Waals surface area contributed by atoms with E-state index in [1.54, 1.807) is 0 Å². The van der Waals surface area contributed by atoms with Gasteiger partial charge in [-0.05, 0) is 73.8 Å². The summed E-state index contributed by atoms with van der Waals surface area (Å²) in [7, 11) is 0. The van der Waals surface area contributed by atoms with Gasteiger partial charge in [-0.2, -0.15) is 0 Å². The van der Waals surface area contributed by atoms with E-state index >= 15 is 0 Å². The fraction of sp³-hybridized carbons (Fsp3) is 0.455. The molecule has 0 bridgehead atoms. The number of allylic oxidation sites excluding steroid dienone is 3. The molecule has 7 rings (SSSR count). The summed E-state index contributed by atoms with van der Waals surface area (Å²) in [6.45, 7) is 7.57. The van der Waals surface area contributed by atoms with Crippen LogP contribution in [-0.2, 0) is 26.5 Å². The summed E-state index contributed by atoms with van der Waals surface area (Å²) in [6.07, 6.45) is 8.76. The molecule has 2 aromatic rings. The SMILES string of the molecule is Cc1cc2c(cc1C(=O)N1CCC3(CC1)OCc1ccccc13)NC(=O)C1=CC(C)CC=C(C3CCOCC3)N12. The van der Waals surface area contributed by atoms with Gasteiger partial charge in [-0.15, -0.1) is 0 Å². The van der Waals surface area contributed by atoms with Crippen molar-refractivity contribution < 1.29 is 19.1 Å². The summed E-state index contributed by atoms with van der Waals surface area (Å²) in [5.74, 6) is 0.508. The van der Waals surface area contributed by atoms with Crippen LogP contribution in [0.3, 0.4) is 0 Å². The highest BCUT2D eigenvalue weighted by Gasteiger charge is 2.43. The maximum atomic E-state index is 13.9. The summed E-state index contributed by atoms with van der Waals surface area (Å²) in [5.41, 5.74) is 7.34. The average molecular weight is 540 g/mol. The number of benzene rings is 2. The van der Waals surface area contributed by atoms with Gasteiger partial charge in [0.25, 0.3) is 11.8 Å². The number of carbonyl (C=O) groups excluding carboxylic acids is 2. The first-order valence-corrected chi connectivity index (χ1v) is 14.7. The number of likely N-dealkylation sites (tertiary alicyclic amines) is 1. The van der Waals surface area contributed by atoms with Gasteiger partial charge in [-0.1, -0.05) is 43.3 Å². The van der Waals surface area contributed by atoms with Crippen molar-refractivity contribution in [1.82, 2.24) is 4.90 Å². The van der Waals surface area contributed by atoms with Crippen LogP contribution in [0.4, 0.5) is 11.4 Å². The molecule has 2 fully saturated rings. The molecule has 5 aliphatic rings. The summed E-state index contributed by atoms with van der Waals surface area (Å²) in [4.78, 5) is 31.4. The standard InChI is InChI=1S/C33H37N3O4/c1-21-7-8-28(23-9-15-39-16-10-23)36-29-18-22(2)25(19-27(29)34-31(37)30(36)17-21)32(38)35-13-11-33(12-14-35)26-6-4-3-5-24(26)20-40-33/h3-6,8,17-19,21,23H,7,9-16,20H2,1-2H3,(H,34,37). The van der Waals surface area contributed by atoms with Gasteiger partial charge in [0.05, 0.1) is 23.6 Å². The van der Waals surface area contributed by atoms with Gasteiger partial charge >= 0.3 is 0 Å². The van der Waals surface area contributed by atoms with Crippen molar-refractivity contribution >= 4 is 23.2 Å². The Morgan fingerprint density at radius 2 is 1.88 bits per heavy atom. The van der Waals surface area contributed by atoms with Crippen molar-refractivity contribution in [3.63, 3.8) is 0 Å². The second kappa shape index (κ2) is 9.89. The minimum atomic E-state index is -0.286. The number of amides is 2. The van der Waals surface area contributed by atoms with E-state index in [9.17, 15) is 9.59 Å². The average Bonchev–Trinajstić information content (AvgIpc) is 3.21. The zero-order chi connectivity index (χ0) is 27.4. The molecular weight excluding hydrogens is 502 g/mol. The van der Waals surface area contributed by atoms with E-state index in [0.717, 1.165) is 56.6 Å². The van der Waals surface area contributed by atoms with Crippen LogP contribution in [0.15, 0.2) is 59.9 Å². The first-order chi connectivity index (χ1) is 19.4. The number of ether oxygens (including phenoxy) is 2. The lowest BCUT2D eigenvalue weighted by atomic mass is 9.83. The van der Waals surface area contributed by atoms with E-state index in [0.29, 0.717) is 42.6 Å². The predicted octanol–water partition coefficient (Wildman–Crippen LogP) is 5.65. The molecule has 40 heavy (non-hydrogen) atoms. The van der Waals surface area contributed by atoms with Gasteiger partial charge < -0.3 is 24.6 Å². The molecule has 208 valence electrons. The maximum absolute atomic E-state index is 13.9. The lowest BCUT2D eigenvalue weighted by molar-refractivity contribution is -0.113. The van der Waals surface area contributed by atoms with Crippen molar-refractivity contribution in [2.45, 2.75) is 58.2 Å². The highest BCUT2D eigenvalue weighted by atomic mass is 16.5.